The molecule has 10 heteroatoms. The number of rotatable bonds is 6. The first kappa shape index (κ1) is 18.8. The third kappa shape index (κ3) is 3.90. The summed E-state index contributed by atoms with van der Waals surface area (Å²) in [7, 11) is 0. The van der Waals surface area contributed by atoms with Crippen LogP contribution < -0.4 is 16.2 Å². The predicted molar refractivity (Wildman–Crippen MR) is 97.1 cm³/mol. The van der Waals surface area contributed by atoms with E-state index in [1.165, 1.54) is 30.7 Å². The maximum absolute atomic E-state index is 12.6. The maximum atomic E-state index is 12.6. The van der Waals surface area contributed by atoms with Gasteiger partial charge in [0, 0.05) is 6.20 Å². The van der Waals surface area contributed by atoms with E-state index in [0.29, 0.717) is 0 Å². The summed E-state index contributed by atoms with van der Waals surface area (Å²) < 4.78 is 10.8. The first-order valence-corrected chi connectivity index (χ1v) is 8.30. The van der Waals surface area contributed by atoms with Crippen LogP contribution in [0.4, 0.5) is 5.69 Å². The molecule has 0 aliphatic heterocycles. The third-order valence-electron chi connectivity index (χ3n) is 3.67. The second-order valence-electron chi connectivity index (χ2n) is 5.51. The second-order valence-corrected chi connectivity index (χ2v) is 5.51. The summed E-state index contributed by atoms with van der Waals surface area (Å²) in [5, 5.41) is 4.83. The number of esters is 1. The Bertz CT molecular complexity index is 1090. The number of ether oxygens (including phenoxy) is 1. The number of carbonyl (C=O) groups excluding carboxylic acids is 3. The first-order chi connectivity index (χ1) is 13.5. The quantitative estimate of drug-likeness (QED) is 0.602. The molecule has 0 unspecified atom stereocenters. The van der Waals surface area contributed by atoms with E-state index in [2.05, 4.69) is 15.6 Å². The number of fused-ring (bicyclic) bond motifs is 1. The zero-order valence-electron chi connectivity index (χ0n) is 14.8. The van der Waals surface area contributed by atoms with Gasteiger partial charge in [0.2, 0.25) is 0 Å². The Balaban J connectivity index is 1.86. The summed E-state index contributed by atoms with van der Waals surface area (Å²) in [5.74, 6) is -1.74. The zero-order valence-corrected chi connectivity index (χ0v) is 14.8. The van der Waals surface area contributed by atoms with Crippen LogP contribution in [0.5, 0.6) is 0 Å². The molecule has 3 aromatic rings. The van der Waals surface area contributed by atoms with Gasteiger partial charge in [-0.15, -0.1) is 0 Å². The molecule has 3 heterocycles. The number of hydrogen-bond acceptors (Lipinski definition) is 7. The molecule has 3 aromatic heterocycles. The first-order valence-electron chi connectivity index (χ1n) is 8.30. The third-order valence-corrected chi connectivity index (χ3v) is 3.67. The Morgan fingerprint density at radius 1 is 1.21 bits per heavy atom. The fourth-order valence-corrected chi connectivity index (χ4v) is 2.42. The van der Waals surface area contributed by atoms with Crippen molar-refractivity contribution in [2.24, 2.45) is 0 Å². The Kier molecular flexibility index (Phi) is 5.49. The standard InChI is InChI=1S/C18H16N4O6/c1-2-27-14(23)10-20-16(24)11-5-3-7-22-15(11)19-9-12(18(22)26)21-17(25)13-6-4-8-28-13/h3-9H,2,10H2,1H3,(H,20,24)(H,21,25). The number of carbonyl (C=O) groups is 3. The van der Waals surface area contributed by atoms with E-state index < -0.39 is 23.3 Å². The lowest BCUT2D eigenvalue weighted by Crippen LogP contribution is -2.32. The molecule has 0 fully saturated rings. The molecule has 0 aliphatic rings. The van der Waals surface area contributed by atoms with Crippen molar-refractivity contribution < 1.29 is 23.5 Å². The monoisotopic (exact) mass is 384 g/mol. The van der Waals surface area contributed by atoms with Crippen LogP contribution in [0.2, 0.25) is 0 Å². The van der Waals surface area contributed by atoms with E-state index in [1.54, 1.807) is 13.0 Å². The van der Waals surface area contributed by atoms with Crippen molar-refractivity contribution in [1.29, 1.82) is 0 Å². The van der Waals surface area contributed by atoms with E-state index in [-0.39, 0.29) is 35.8 Å². The van der Waals surface area contributed by atoms with Crippen molar-refractivity contribution in [3.63, 3.8) is 0 Å². The summed E-state index contributed by atoms with van der Waals surface area (Å²) in [4.78, 5) is 52.5. The Morgan fingerprint density at radius 2 is 2.04 bits per heavy atom. The molecule has 0 spiro atoms. The van der Waals surface area contributed by atoms with E-state index in [1.807, 2.05) is 0 Å². The Hall–Kier alpha value is -3.95. The number of nitrogens with one attached hydrogen (secondary N) is 2. The number of nitrogens with zero attached hydrogens (tertiary/aromatic N) is 2. The summed E-state index contributed by atoms with van der Waals surface area (Å²) in [6, 6.07) is 5.94. The molecule has 0 radical (unpaired) electrons. The number of anilines is 1. The topological polar surface area (TPSA) is 132 Å². The van der Waals surface area contributed by atoms with Crippen LogP contribution in [-0.4, -0.2) is 40.3 Å². The lowest BCUT2D eigenvalue weighted by Gasteiger charge is -2.09. The smallest absolute Gasteiger partial charge is 0.325 e. The molecule has 0 atom stereocenters. The van der Waals surface area contributed by atoms with Gasteiger partial charge in [-0.25, -0.2) is 4.98 Å². The highest BCUT2D eigenvalue weighted by molar-refractivity contribution is 6.03. The number of aromatic nitrogens is 2. The molecule has 28 heavy (non-hydrogen) atoms. The fourth-order valence-electron chi connectivity index (χ4n) is 2.42. The van der Waals surface area contributed by atoms with Gasteiger partial charge in [-0.2, -0.15) is 0 Å². The fraction of sp³-hybridized carbons (Fsp3) is 0.167. The minimum atomic E-state index is -0.604. The molecule has 144 valence electrons. The van der Waals surface area contributed by atoms with Crippen LogP contribution in [0.25, 0.3) is 5.65 Å². The summed E-state index contributed by atoms with van der Waals surface area (Å²) in [5.41, 5.74) is -0.495. The molecule has 0 aliphatic carbocycles. The minimum absolute atomic E-state index is 0.0385. The minimum Gasteiger partial charge on any atom is -0.465 e. The molecule has 2 N–H and O–H groups in total. The van der Waals surface area contributed by atoms with Crippen molar-refractivity contribution in [3.8, 4) is 0 Å². The number of hydrogen-bond donors (Lipinski definition) is 2. The van der Waals surface area contributed by atoms with Gasteiger partial charge in [-0.1, -0.05) is 0 Å². The number of pyridine rings is 1. The van der Waals surface area contributed by atoms with Crippen LogP contribution in [0.15, 0.2) is 52.1 Å². The van der Waals surface area contributed by atoms with Crippen LogP contribution in [0.3, 0.4) is 0 Å². The van der Waals surface area contributed by atoms with Gasteiger partial charge >= 0.3 is 5.97 Å². The number of amides is 2. The van der Waals surface area contributed by atoms with Gasteiger partial charge in [0.1, 0.15) is 12.2 Å². The van der Waals surface area contributed by atoms with Crippen LogP contribution >= 0.6 is 0 Å². The zero-order chi connectivity index (χ0) is 20.1. The van der Waals surface area contributed by atoms with E-state index in [0.717, 1.165) is 10.6 Å². The molecular weight excluding hydrogens is 368 g/mol. The maximum Gasteiger partial charge on any atom is 0.325 e. The summed E-state index contributed by atoms with van der Waals surface area (Å²) in [6.45, 7) is 1.55. The largest absolute Gasteiger partial charge is 0.465 e. The van der Waals surface area contributed by atoms with Crippen LogP contribution in [0, 0.1) is 0 Å². The summed E-state index contributed by atoms with van der Waals surface area (Å²) in [6.07, 6.45) is 3.90. The van der Waals surface area contributed by atoms with Crippen LogP contribution in [0.1, 0.15) is 27.8 Å². The highest BCUT2D eigenvalue weighted by Gasteiger charge is 2.17. The molecule has 0 saturated heterocycles. The molecule has 0 bridgehead atoms. The van der Waals surface area contributed by atoms with Crippen molar-refractivity contribution >= 4 is 29.1 Å². The van der Waals surface area contributed by atoms with Gasteiger partial charge in [-0.3, -0.25) is 23.6 Å². The van der Waals surface area contributed by atoms with E-state index >= 15 is 0 Å². The van der Waals surface area contributed by atoms with Crippen molar-refractivity contribution in [2.75, 3.05) is 18.5 Å². The van der Waals surface area contributed by atoms with Crippen molar-refractivity contribution in [2.45, 2.75) is 6.92 Å². The normalized spacial score (nSPS) is 10.5. The SMILES string of the molecule is CCOC(=O)CNC(=O)c1cccn2c(=O)c(NC(=O)c3ccco3)cnc12. The van der Waals surface area contributed by atoms with Gasteiger partial charge in [-0.05, 0) is 31.2 Å². The molecule has 0 aromatic carbocycles. The Morgan fingerprint density at radius 3 is 2.75 bits per heavy atom. The highest BCUT2D eigenvalue weighted by atomic mass is 16.5. The van der Waals surface area contributed by atoms with Crippen LogP contribution in [-0.2, 0) is 9.53 Å². The Labute approximate surface area is 158 Å². The average Bonchev–Trinajstić information content (AvgIpc) is 3.23. The molecular formula is C18H16N4O6. The highest BCUT2D eigenvalue weighted by Crippen LogP contribution is 2.10. The average molecular weight is 384 g/mol. The van der Waals surface area contributed by atoms with Gasteiger partial charge in [0.05, 0.1) is 24.6 Å². The molecule has 2 amide bonds. The van der Waals surface area contributed by atoms with E-state index in [4.69, 9.17) is 9.15 Å². The van der Waals surface area contributed by atoms with Gasteiger partial charge in [0.25, 0.3) is 17.4 Å². The van der Waals surface area contributed by atoms with Crippen molar-refractivity contribution in [3.05, 3.63) is 64.6 Å². The molecule has 10 nitrogen and oxygen atoms in total. The van der Waals surface area contributed by atoms with Gasteiger partial charge < -0.3 is 19.8 Å². The van der Waals surface area contributed by atoms with E-state index in [9.17, 15) is 19.2 Å². The molecule has 3 rings (SSSR count). The predicted octanol–water partition coefficient (Wildman–Crippen LogP) is 0.833. The summed E-state index contributed by atoms with van der Waals surface area (Å²) >= 11 is 0. The lowest BCUT2D eigenvalue weighted by molar-refractivity contribution is -0.141. The van der Waals surface area contributed by atoms with Gasteiger partial charge in [0.15, 0.2) is 11.4 Å². The number of furan rings is 1. The lowest BCUT2D eigenvalue weighted by atomic mass is 10.2. The molecule has 0 saturated carbocycles. The van der Waals surface area contributed by atoms with Crippen molar-refractivity contribution in [1.82, 2.24) is 14.7 Å². The second kappa shape index (κ2) is 8.16.